The van der Waals surface area contributed by atoms with E-state index in [2.05, 4.69) is 17.1 Å². The summed E-state index contributed by atoms with van der Waals surface area (Å²) < 4.78 is 15.8. The zero-order valence-corrected chi connectivity index (χ0v) is 14.7. The molecule has 0 bridgehead atoms. The van der Waals surface area contributed by atoms with Crippen LogP contribution in [0.3, 0.4) is 0 Å². The van der Waals surface area contributed by atoms with Gasteiger partial charge in [0.25, 0.3) is 0 Å². The van der Waals surface area contributed by atoms with Crippen LogP contribution in [0, 0.1) is 0 Å². The molecule has 1 aromatic heterocycles. The smallest absolute Gasteiger partial charge is 0.344 e. The first-order valence-electron chi connectivity index (χ1n) is 8.15. The quantitative estimate of drug-likeness (QED) is 0.718. The van der Waals surface area contributed by atoms with Crippen LogP contribution in [0.25, 0.3) is 11.4 Å². The Morgan fingerprint density at radius 3 is 2.54 bits per heavy atom. The number of aryl methyl sites for hydroxylation is 1. The van der Waals surface area contributed by atoms with E-state index in [1.54, 1.807) is 12.1 Å². The van der Waals surface area contributed by atoms with E-state index >= 15 is 0 Å². The predicted molar refractivity (Wildman–Crippen MR) is 89.7 cm³/mol. The van der Waals surface area contributed by atoms with Gasteiger partial charge in [-0.1, -0.05) is 18.5 Å². The lowest BCUT2D eigenvalue weighted by molar-refractivity contribution is -0.157. The number of esters is 1. The van der Waals surface area contributed by atoms with Crippen molar-refractivity contribution < 1.29 is 18.8 Å². The molecule has 0 radical (unpaired) electrons. The fraction of sp³-hybridized carbons (Fsp3) is 0.500. The highest BCUT2D eigenvalue weighted by molar-refractivity contribution is 5.71. The molecule has 0 unspecified atom stereocenters. The van der Waals surface area contributed by atoms with Gasteiger partial charge in [0, 0.05) is 12.0 Å². The van der Waals surface area contributed by atoms with E-state index in [9.17, 15) is 4.79 Å². The Morgan fingerprint density at radius 2 is 1.92 bits per heavy atom. The Bertz CT molecular complexity index is 656. The van der Waals surface area contributed by atoms with E-state index in [4.69, 9.17) is 14.0 Å². The van der Waals surface area contributed by atoms with Gasteiger partial charge in [0.1, 0.15) is 11.4 Å². The molecule has 0 aliphatic carbocycles. The fourth-order valence-corrected chi connectivity index (χ4v) is 2.02. The van der Waals surface area contributed by atoms with Gasteiger partial charge in [-0.25, -0.2) is 4.79 Å². The maximum Gasteiger partial charge on any atom is 0.344 e. The van der Waals surface area contributed by atoms with Crippen LogP contribution in [0.15, 0.2) is 28.8 Å². The van der Waals surface area contributed by atoms with Crippen molar-refractivity contribution in [3.8, 4) is 17.1 Å². The second-order valence-electron chi connectivity index (χ2n) is 6.51. The van der Waals surface area contributed by atoms with Crippen LogP contribution < -0.4 is 4.74 Å². The molecule has 0 aliphatic rings. The minimum absolute atomic E-state index is 0.125. The molecule has 6 heteroatoms. The Balaban J connectivity index is 1.91. The highest BCUT2D eigenvalue weighted by atomic mass is 16.6. The van der Waals surface area contributed by atoms with Gasteiger partial charge in [-0.15, -0.1) is 0 Å². The number of aromatic nitrogens is 2. The van der Waals surface area contributed by atoms with Crippen LogP contribution >= 0.6 is 0 Å². The molecule has 0 saturated carbocycles. The maximum absolute atomic E-state index is 11.6. The Morgan fingerprint density at radius 1 is 1.21 bits per heavy atom. The molecule has 0 atom stereocenters. The highest BCUT2D eigenvalue weighted by Crippen LogP contribution is 2.20. The molecule has 2 aromatic rings. The number of unbranched alkanes of at least 4 members (excludes halogenated alkanes) is 1. The lowest BCUT2D eigenvalue weighted by atomic mass is 10.2. The van der Waals surface area contributed by atoms with E-state index in [0.29, 0.717) is 17.5 Å². The molecule has 2 rings (SSSR count). The summed E-state index contributed by atoms with van der Waals surface area (Å²) in [5.41, 5.74) is 0.324. The zero-order valence-electron chi connectivity index (χ0n) is 14.7. The van der Waals surface area contributed by atoms with Crippen LogP contribution in [-0.2, 0) is 16.0 Å². The number of rotatable bonds is 7. The number of hydrogen-bond acceptors (Lipinski definition) is 6. The summed E-state index contributed by atoms with van der Waals surface area (Å²) in [6.07, 6.45) is 2.90. The van der Waals surface area contributed by atoms with Crippen molar-refractivity contribution in [3.05, 3.63) is 30.2 Å². The number of carbonyl (C=O) groups excluding carboxylic acids is 1. The third-order valence-electron chi connectivity index (χ3n) is 3.10. The first-order valence-corrected chi connectivity index (χ1v) is 8.15. The molecule has 0 spiro atoms. The molecule has 130 valence electrons. The number of carbonyl (C=O) groups is 1. The Kier molecular flexibility index (Phi) is 5.95. The minimum atomic E-state index is -0.515. The lowest BCUT2D eigenvalue weighted by Gasteiger charge is -2.19. The SMILES string of the molecule is CCCCc1nc(-c2ccc(OCC(=O)OC(C)(C)C)cc2)no1. The van der Waals surface area contributed by atoms with Gasteiger partial charge < -0.3 is 14.0 Å². The summed E-state index contributed by atoms with van der Waals surface area (Å²) in [7, 11) is 0. The standard InChI is InChI=1S/C18H24N2O4/c1-5-6-7-15-19-17(20-24-15)13-8-10-14(11-9-13)22-12-16(21)23-18(2,3)4/h8-11H,5-7,12H2,1-4H3. The molecule has 24 heavy (non-hydrogen) atoms. The van der Waals surface area contributed by atoms with Gasteiger partial charge in [-0.05, 0) is 51.5 Å². The number of ether oxygens (including phenoxy) is 2. The average molecular weight is 332 g/mol. The van der Waals surface area contributed by atoms with Crippen molar-refractivity contribution in [1.82, 2.24) is 10.1 Å². The van der Waals surface area contributed by atoms with Crippen LogP contribution in [0.1, 0.15) is 46.4 Å². The van der Waals surface area contributed by atoms with Gasteiger partial charge in [0.05, 0.1) is 0 Å². The summed E-state index contributed by atoms with van der Waals surface area (Å²) in [5.74, 6) is 1.39. The summed E-state index contributed by atoms with van der Waals surface area (Å²) in [6.45, 7) is 7.45. The van der Waals surface area contributed by atoms with Crippen LogP contribution in [0.2, 0.25) is 0 Å². The normalized spacial score (nSPS) is 11.3. The third kappa shape index (κ3) is 5.68. The minimum Gasteiger partial charge on any atom is -0.482 e. The molecule has 6 nitrogen and oxygen atoms in total. The van der Waals surface area contributed by atoms with Crippen molar-refractivity contribution in [2.24, 2.45) is 0 Å². The molecule has 0 aliphatic heterocycles. The third-order valence-corrected chi connectivity index (χ3v) is 3.10. The number of hydrogen-bond donors (Lipinski definition) is 0. The highest BCUT2D eigenvalue weighted by Gasteiger charge is 2.16. The topological polar surface area (TPSA) is 74.5 Å². The van der Waals surface area contributed by atoms with Gasteiger partial charge in [-0.2, -0.15) is 4.98 Å². The summed E-state index contributed by atoms with van der Waals surface area (Å²) >= 11 is 0. The molecular formula is C18H24N2O4. The van der Waals surface area contributed by atoms with E-state index < -0.39 is 11.6 Å². The first kappa shape index (κ1) is 18.0. The second kappa shape index (κ2) is 7.95. The number of benzene rings is 1. The van der Waals surface area contributed by atoms with Crippen LogP contribution in [0.4, 0.5) is 0 Å². The average Bonchev–Trinajstić information content (AvgIpc) is 2.98. The molecule has 1 heterocycles. The lowest BCUT2D eigenvalue weighted by Crippen LogP contribution is -2.27. The van der Waals surface area contributed by atoms with Gasteiger partial charge in [0.2, 0.25) is 11.7 Å². The monoisotopic (exact) mass is 332 g/mol. The van der Waals surface area contributed by atoms with E-state index in [-0.39, 0.29) is 6.61 Å². The summed E-state index contributed by atoms with van der Waals surface area (Å²) in [6, 6.07) is 7.20. The molecule has 0 saturated heterocycles. The number of nitrogens with zero attached hydrogens (tertiary/aromatic N) is 2. The molecule has 0 amide bonds. The Hall–Kier alpha value is -2.37. The first-order chi connectivity index (χ1) is 11.4. The second-order valence-corrected chi connectivity index (χ2v) is 6.51. The molecule has 1 aromatic carbocycles. The van der Waals surface area contributed by atoms with Crippen molar-refractivity contribution >= 4 is 5.97 Å². The molecule has 0 fully saturated rings. The van der Waals surface area contributed by atoms with Crippen molar-refractivity contribution in [1.29, 1.82) is 0 Å². The van der Waals surface area contributed by atoms with Crippen LogP contribution in [-0.4, -0.2) is 28.3 Å². The molecule has 0 N–H and O–H groups in total. The Labute approximate surface area is 142 Å². The van der Waals surface area contributed by atoms with Gasteiger partial charge >= 0.3 is 5.97 Å². The van der Waals surface area contributed by atoms with Gasteiger partial charge in [-0.3, -0.25) is 0 Å². The summed E-state index contributed by atoms with van der Waals surface area (Å²) in [4.78, 5) is 16.0. The largest absolute Gasteiger partial charge is 0.482 e. The maximum atomic E-state index is 11.6. The van der Waals surface area contributed by atoms with E-state index in [0.717, 1.165) is 24.8 Å². The van der Waals surface area contributed by atoms with Gasteiger partial charge in [0.15, 0.2) is 6.61 Å². The van der Waals surface area contributed by atoms with Crippen LogP contribution in [0.5, 0.6) is 5.75 Å². The summed E-state index contributed by atoms with van der Waals surface area (Å²) in [5, 5.41) is 3.98. The van der Waals surface area contributed by atoms with E-state index in [1.165, 1.54) is 0 Å². The van der Waals surface area contributed by atoms with Crippen molar-refractivity contribution in [2.75, 3.05) is 6.61 Å². The van der Waals surface area contributed by atoms with Crippen molar-refractivity contribution in [3.63, 3.8) is 0 Å². The zero-order chi connectivity index (χ0) is 17.6. The fourth-order valence-electron chi connectivity index (χ4n) is 2.02. The molecular weight excluding hydrogens is 308 g/mol. The van der Waals surface area contributed by atoms with E-state index in [1.807, 2.05) is 32.9 Å². The predicted octanol–water partition coefficient (Wildman–Crippen LogP) is 3.80. The van der Waals surface area contributed by atoms with Crippen molar-refractivity contribution in [2.45, 2.75) is 52.6 Å².